The van der Waals surface area contributed by atoms with Crippen LogP contribution in [-0.4, -0.2) is 26.3 Å². The first kappa shape index (κ1) is 20.9. The van der Waals surface area contributed by atoms with Gasteiger partial charge in [-0.05, 0) is 62.9 Å². The molecular formula is C22H31N2O3P. The van der Waals surface area contributed by atoms with Crippen molar-refractivity contribution in [1.82, 2.24) is 0 Å². The molecule has 1 fully saturated rings. The van der Waals surface area contributed by atoms with Crippen LogP contribution in [-0.2, 0) is 13.6 Å². The van der Waals surface area contributed by atoms with Crippen LogP contribution in [0.2, 0.25) is 0 Å². The lowest BCUT2D eigenvalue weighted by atomic mass is 10.1. The van der Waals surface area contributed by atoms with Crippen molar-refractivity contribution in [3.8, 4) is 0 Å². The summed E-state index contributed by atoms with van der Waals surface area (Å²) in [5.41, 5.74) is 2.99. The quantitative estimate of drug-likeness (QED) is 0.517. The van der Waals surface area contributed by atoms with Gasteiger partial charge in [0, 0.05) is 24.5 Å². The molecule has 0 saturated carbocycles. The van der Waals surface area contributed by atoms with Gasteiger partial charge in [-0.2, -0.15) is 0 Å². The number of anilines is 2. The largest absolute Gasteiger partial charge is 0.372 e. The summed E-state index contributed by atoms with van der Waals surface area (Å²) in [5.74, 6) is -0.565. The second-order valence-electron chi connectivity index (χ2n) is 6.93. The summed E-state index contributed by atoms with van der Waals surface area (Å²) in [6.07, 6.45) is 3.79. The number of hydrogen-bond acceptors (Lipinski definition) is 5. The first-order valence-electron chi connectivity index (χ1n) is 10.2. The fraction of sp³-hybridized carbons (Fsp3) is 0.455. The second-order valence-corrected chi connectivity index (χ2v) is 9.04. The SMILES string of the molecule is CCOP(=O)(OCC)C(Nc1ccccc1)c1ccc(N2CCCCC2)cc1. The van der Waals surface area contributed by atoms with E-state index in [0.717, 1.165) is 24.3 Å². The van der Waals surface area contributed by atoms with E-state index in [1.165, 1.54) is 24.9 Å². The zero-order chi connectivity index (χ0) is 19.8. The lowest BCUT2D eigenvalue weighted by Gasteiger charge is -2.30. The molecule has 0 bridgehead atoms. The molecule has 0 amide bonds. The van der Waals surface area contributed by atoms with Gasteiger partial charge in [0.05, 0.1) is 13.2 Å². The van der Waals surface area contributed by atoms with Gasteiger partial charge < -0.3 is 19.3 Å². The second kappa shape index (κ2) is 10.1. The van der Waals surface area contributed by atoms with Crippen molar-refractivity contribution in [3.63, 3.8) is 0 Å². The maximum Gasteiger partial charge on any atom is 0.357 e. The zero-order valence-electron chi connectivity index (χ0n) is 16.8. The van der Waals surface area contributed by atoms with Crippen LogP contribution in [0.5, 0.6) is 0 Å². The molecule has 1 heterocycles. The lowest BCUT2D eigenvalue weighted by molar-refractivity contribution is 0.214. The number of nitrogens with zero attached hydrogens (tertiary/aromatic N) is 1. The van der Waals surface area contributed by atoms with Gasteiger partial charge in [0.15, 0.2) is 5.78 Å². The van der Waals surface area contributed by atoms with E-state index >= 15 is 0 Å². The highest BCUT2D eigenvalue weighted by Gasteiger charge is 2.37. The van der Waals surface area contributed by atoms with Crippen molar-refractivity contribution < 1.29 is 13.6 Å². The van der Waals surface area contributed by atoms with Crippen LogP contribution >= 0.6 is 7.60 Å². The summed E-state index contributed by atoms with van der Waals surface area (Å²) in [6.45, 7) is 6.53. The Morgan fingerprint density at radius 2 is 1.54 bits per heavy atom. The number of nitrogens with one attached hydrogen (secondary N) is 1. The number of para-hydroxylation sites is 1. The fourth-order valence-corrected chi connectivity index (χ4v) is 5.54. The molecule has 2 aromatic rings. The van der Waals surface area contributed by atoms with Crippen molar-refractivity contribution in [2.24, 2.45) is 0 Å². The first-order valence-corrected chi connectivity index (χ1v) is 11.8. The molecule has 3 rings (SSSR count). The number of rotatable bonds is 9. The summed E-state index contributed by atoms with van der Waals surface area (Å²) in [4.78, 5) is 2.41. The van der Waals surface area contributed by atoms with Crippen LogP contribution in [0.1, 0.15) is 44.5 Å². The minimum absolute atomic E-state index is 0.329. The molecule has 1 atom stereocenters. The van der Waals surface area contributed by atoms with E-state index < -0.39 is 13.4 Å². The average Bonchev–Trinajstić information content (AvgIpc) is 2.74. The van der Waals surface area contributed by atoms with E-state index in [1.54, 1.807) is 0 Å². The third kappa shape index (κ3) is 5.16. The summed E-state index contributed by atoms with van der Waals surface area (Å²) < 4.78 is 24.9. The molecule has 6 heteroatoms. The van der Waals surface area contributed by atoms with Crippen LogP contribution in [0.15, 0.2) is 54.6 Å². The van der Waals surface area contributed by atoms with Gasteiger partial charge in [-0.1, -0.05) is 30.3 Å². The molecular weight excluding hydrogens is 371 g/mol. The van der Waals surface area contributed by atoms with E-state index in [1.807, 2.05) is 56.3 Å². The third-order valence-electron chi connectivity index (χ3n) is 4.94. The van der Waals surface area contributed by atoms with Crippen molar-refractivity contribution in [1.29, 1.82) is 0 Å². The predicted octanol–water partition coefficient (Wildman–Crippen LogP) is 6.05. The molecule has 1 N–H and O–H groups in total. The minimum atomic E-state index is -3.39. The highest BCUT2D eigenvalue weighted by molar-refractivity contribution is 7.54. The standard InChI is InChI=1S/C22H31N2O3P/c1-3-26-28(25,27-4-2)22(23-20-11-7-5-8-12-20)19-13-15-21(16-14-19)24-17-9-6-10-18-24/h5,7-8,11-16,22-23H,3-4,6,9-10,17-18H2,1-2H3. The Labute approximate surface area is 168 Å². The molecule has 0 spiro atoms. The number of benzene rings is 2. The Balaban J connectivity index is 1.89. The van der Waals surface area contributed by atoms with Gasteiger partial charge in [-0.15, -0.1) is 0 Å². The molecule has 0 aromatic heterocycles. The van der Waals surface area contributed by atoms with E-state index in [0.29, 0.717) is 13.2 Å². The van der Waals surface area contributed by atoms with Crippen molar-refractivity contribution >= 4 is 19.0 Å². The van der Waals surface area contributed by atoms with E-state index in [-0.39, 0.29) is 0 Å². The third-order valence-corrected chi connectivity index (χ3v) is 7.24. The molecule has 1 saturated heterocycles. The van der Waals surface area contributed by atoms with Gasteiger partial charge in [0.1, 0.15) is 0 Å². The zero-order valence-corrected chi connectivity index (χ0v) is 17.7. The summed E-state index contributed by atoms with van der Waals surface area (Å²) in [7, 11) is -3.39. The minimum Gasteiger partial charge on any atom is -0.372 e. The maximum atomic E-state index is 13.6. The van der Waals surface area contributed by atoms with Crippen LogP contribution in [0.4, 0.5) is 11.4 Å². The lowest BCUT2D eigenvalue weighted by Crippen LogP contribution is -2.29. The van der Waals surface area contributed by atoms with E-state index in [2.05, 4.69) is 22.3 Å². The predicted molar refractivity (Wildman–Crippen MR) is 116 cm³/mol. The Bertz CT molecular complexity index is 751. The van der Waals surface area contributed by atoms with E-state index in [9.17, 15) is 4.57 Å². The molecule has 0 radical (unpaired) electrons. The topological polar surface area (TPSA) is 50.8 Å². The Morgan fingerprint density at radius 3 is 2.11 bits per heavy atom. The van der Waals surface area contributed by atoms with Crippen molar-refractivity contribution in [3.05, 3.63) is 60.2 Å². The highest BCUT2D eigenvalue weighted by Crippen LogP contribution is 2.60. The van der Waals surface area contributed by atoms with Crippen molar-refractivity contribution in [2.45, 2.75) is 38.9 Å². The Kier molecular flexibility index (Phi) is 7.55. The molecule has 1 aliphatic heterocycles. The monoisotopic (exact) mass is 402 g/mol. The van der Waals surface area contributed by atoms with E-state index in [4.69, 9.17) is 9.05 Å². The molecule has 28 heavy (non-hydrogen) atoms. The van der Waals surface area contributed by atoms with Crippen LogP contribution < -0.4 is 10.2 Å². The van der Waals surface area contributed by atoms with Crippen LogP contribution in [0.3, 0.4) is 0 Å². The smallest absolute Gasteiger partial charge is 0.357 e. The summed E-state index contributed by atoms with van der Waals surface area (Å²) >= 11 is 0. The molecule has 1 aliphatic rings. The van der Waals surface area contributed by atoms with Gasteiger partial charge in [0.25, 0.3) is 0 Å². The Hall–Kier alpha value is -1.81. The Morgan fingerprint density at radius 1 is 0.929 bits per heavy atom. The highest BCUT2D eigenvalue weighted by atomic mass is 31.2. The number of piperidine rings is 1. The molecule has 0 aliphatic carbocycles. The molecule has 1 unspecified atom stereocenters. The van der Waals surface area contributed by atoms with Crippen LogP contribution in [0, 0.1) is 0 Å². The fourth-order valence-electron chi connectivity index (χ4n) is 3.60. The summed E-state index contributed by atoms with van der Waals surface area (Å²) in [5, 5.41) is 3.38. The summed E-state index contributed by atoms with van der Waals surface area (Å²) in [6, 6.07) is 18.1. The van der Waals surface area contributed by atoms with Gasteiger partial charge in [0.2, 0.25) is 0 Å². The molecule has 152 valence electrons. The molecule has 2 aromatic carbocycles. The average molecular weight is 402 g/mol. The van der Waals surface area contributed by atoms with Gasteiger partial charge >= 0.3 is 7.60 Å². The van der Waals surface area contributed by atoms with Gasteiger partial charge in [-0.25, -0.2) is 0 Å². The maximum absolute atomic E-state index is 13.6. The molecule has 5 nitrogen and oxygen atoms in total. The number of hydrogen-bond donors (Lipinski definition) is 1. The normalized spacial score (nSPS) is 16.0. The van der Waals surface area contributed by atoms with Crippen molar-refractivity contribution in [2.75, 3.05) is 36.5 Å². The van der Waals surface area contributed by atoms with Crippen LogP contribution in [0.25, 0.3) is 0 Å². The first-order chi connectivity index (χ1) is 13.7. The van der Waals surface area contributed by atoms with Gasteiger partial charge in [-0.3, -0.25) is 4.57 Å².